The third-order valence-electron chi connectivity index (χ3n) is 7.28. The minimum Gasteiger partial charge on any atom is -0.496 e. The van der Waals surface area contributed by atoms with E-state index in [1.54, 1.807) is 12.0 Å². The van der Waals surface area contributed by atoms with Crippen molar-refractivity contribution in [3.63, 3.8) is 0 Å². The molecule has 2 aliphatic rings. The van der Waals surface area contributed by atoms with Gasteiger partial charge in [-0.15, -0.1) is 6.42 Å². The molecule has 0 atom stereocenters. The molecule has 6 heteroatoms. The Bertz CT molecular complexity index is 1530. The van der Waals surface area contributed by atoms with Crippen LogP contribution in [0.1, 0.15) is 79.3 Å². The fourth-order valence-corrected chi connectivity index (χ4v) is 5.37. The van der Waals surface area contributed by atoms with Crippen molar-refractivity contribution < 1.29 is 19.1 Å². The quantitative estimate of drug-likeness (QED) is 0.438. The fourth-order valence-electron chi connectivity index (χ4n) is 5.37. The molecule has 0 radical (unpaired) electrons. The molecule has 0 saturated heterocycles. The van der Waals surface area contributed by atoms with Crippen LogP contribution >= 0.6 is 0 Å². The van der Waals surface area contributed by atoms with Gasteiger partial charge in [0.2, 0.25) is 0 Å². The lowest BCUT2D eigenvalue weighted by Crippen LogP contribution is -2.39. The van der Waals surface area contributed by atoms with Gasteiger partial charge >= 0.3 is 6.09 Å². The average Bonchev–Trinajstić information content (AvgIpc) is 3.26. The first-order valence-electron chi connectivity index (χ1n) is 12.5. The summed E-state index contributed by atoms with van der Waals surface area (Å²) in [6.45, 7) is 10.9. The molecule has 1 amide bonds. The van der Waals surface area contributed by atoms with Crippen molar-refractivity contribution in [1.29, 1.82) is 0 Å². The van der Waals surface area contributed by atoms with Gasteiger partial charge in [0.1, 0.15) is 11.4 Å². The molecule has 1 aromatic heterocycles. The number of aromatic amines is 1. The first-order valence-corrected chi connectivity index (χ1v) is 12.5. The van der Waals surface area contributed by atoms with E-state index in [4.69, 9.17) is 15.9 Å². The number of fused-ring (bicyclic) bond motifs is 4. The van der Waals surface area contributed by atoms with Gasteiger partial charge in [0.15, 0.2) is 5.78 Å². The number of methoxy groups -OCH3 is 1. The van der Waals surface area contributed by atoms with Crippen LogP contribution in [-0.4, -0.2) is 47.6 Å². The summed E-state index contributed by atoms with van der Waals surface area (Å²) in [6, 6.07) is 9.66. The minimum atomic E-state index is -0.537. The third kappa shape index (κ3) is 4.09. The molecule has 0 saturated carbocycles. The van der Waals surface area contributed by atoms with Crippen LogP contribution in [0.25, 0.3) is 16.5 Å². The molecular formula is C31H32N2O4. The Morgan fingerprint density at radius 2 is 1.92 bits per heavy atom. The van der Waals surface area contributed by atoms with Crippen molar-refractivity contribution in [2.75, 3.05) is 20.2 Å². The Morgan fingerprint density at radius 3 is 2.54 bits per heavy atom. The van der Waals surface area contributed by atoms with Gasteiger partial charge in [0, 0.05) is 51.8 Å². The van der Waals surface area contributed by atoms with Crippen molar-refractivity contribution in [2.24, 2.45) is 0 Å². The maximum atomic E-state index is 13.8. The van der Waals surface area contributed by atoms with Crippen LogP contribution in [0.15, 0.2) is 36.4 Å². The molecule has 1 aliphatic heterocycles. The lowest BCUT2D eigenvalue weighted by Gasteiger charge is -2.34. The summed E-state index contributed by atoms with van der Waals surface area (Å²) >= 11 is 0. The molecule has 0 spiro atoms. The summed E-state index contributed by atoms with van der Waals surface area (Å²) in [5, 5.41) is 0.873. The molecular weight excluding hydrogens is 464 g/mol. The zero-order valence-electron chi connectivity index (χ0n) is 22.2. The minimum absolute atomic E-state index is 0.0254. The fraction of sp³-hybridized carbons (Fsp3) is 0.355. The first kappa shape index (κ1) is 24.7. The van der Waals surface area contributed by atoms with Crippen molar-refractivity contribution in [3.8, 4) is 18.1 Å². The molecule has 0 unspecified atom stereocenters. The van der Waals surface area contributed by atoms with Crippen LogP contribution in [0, 0.1) is 12.3 Å². The Balaban J connectivity index is 1.56. The molecule has 0 fully saturated rings. The van der Waals surface area contributed by atoms with Crippen LogP contribution in [0.2, 0.25) is 0 Å². The molecule has 0 bridgehead atoms. The molecule has 3 aromatic rings. The number of nitrogens with zero attached hydrogens (tertiary/aromatic N) is 1. The molecule has 190 valence electrons. The maximum Gasteiger partial charge on any atom is 0.410 e. The van der Waals surface area contributed by atoms with Gasteiger partial charge in [0.25, 0.3) is 0 Å². The predicted molar refractivity (Wildman–Crippen MR) is 145 cm³/mol. The summed E-state index contributed by atoms with van der Waals surface area (Å²) < 4.78 is 11.3. The number of H-pyrrole nitrogens is 1. The average molecular weight is 497 g/mol. The molecule has 1 N–H and O–H groups in total. The van der Waals surface area contributed by atoms with Crippen LogP contribution in [0.4, 0.5) is 4.79 Å². The van der Waals surface area contributed by atoms with Crippen molar-refractivity contribution in [2.45, 2.75) is 52.1 Å². The lowest BCUT2D eigenvalue weighted by atomic mass is 9.70. The standard InChI is InChI=1S/C31H32N2O4/c1-8-18-9-10-20-24(15-18)32-28-26(20)27(34)22-17-25(36-7)21(16-23(22)31(28,5)6)19-11-13-33(14-12-19)29(35)37-30(2,3)4/h1,9-11,15-17,32H,12-14H2,2-7H3. The van der Waals surface area contributed by atoms with Gasteiger partial charge < -0.3 is 19.4 Å². The van der Waals surface area contributed by atoms with Crippen molar-refractivity contribution in [1.82, 2.24) is 9.88 Å². The normalized spacial score (nSPS) is 16.5. The van der Waals surface area contributed by atoms with Crippen molar-refractivity contribution in [3.05, 3.63) is 69.9 Å². The number of carbonyl (C=O) groups is 2. The van der Waals surface area contributed by atoms with Crippen LogP contribution in [0.3, 0.4) is 0 Å². The van der Waals surface area contributed by atoms with Crippen LogP contribution in [-0.2, 0) is 10.2 Å². The number of carbonyl (C=O) groups excluding carboxylic acids is 2. The maximum absolute atomic E-state index is 13.8. The number of benzene rings is 2. The number of hydrogen-bond acceptors (Lipinski definition) is 4. The number of ether oxygens (including phenoxy) is 2. The second kappa shape index (κ2) is 8.55. The lowest BCUT2D eigenvalue weighted by molar-refractivity contribution is 0.0270. The molecule has 2 aromatic carbocycles. The Kier molecular flexibility index (Phi) is 5.71. The van der Waals surface area contributed by atoms with Gasteiger partial charge in [0.05, 0.1) is 12.7 Å². The Hall–Kier alpha value is -3.98. The van der Waals surface area contributed by atoms with Gasteiger partial charge in [-0.3, -0.25) is 4.79 Å². The molecule has 2 heterocycles. The van der Waals surface area contributed by atoms with Gasteiger partial charge in [-0.1, -0.05) is 31.9 Å². The highest BCUT2D eigenvalue weighted by atomic mass is 16.6. The second-order valence-corrected chi connectivity index (χ2v) is 11.2. The summed E-state index contributed by atoms with van der Waals surface area (Å²) in [5.41, 5.74) is 5.84. The zero-order chi connectivity index (χ0) is 26.7. The highest BCUT2D eigenvalue weighted by Crippen LogP contribution is 2.46. The second-order valence-electron chi connectivity index (χ2n) is 11.2. The first-order chi connectivity index (χ1) is 17.4. The third-order valence-corrected chi connectivity index (χ3v) is 7.28. The van der Waals surface area contributed by atoms with Crippen LogP contribution < -0.4 is 4.74 Å². The van der Waals surface area contributed by atoms with E-state index in [2.05, 4.69) is 30.8 Å². The number of terminal acetylenes is 1. The van der Waals surface area contributed by atoms with E-state index in [1.165, 1.54) is 0 Å². The van der Waals surface area contributed by atoms with E-state index < -0.39 is 11.0 Å². The number of ketones is 1. The number of aromatic nitrogens is 1. The van der Waals surface area contributed by atoms with E-state index in [0.717, 1.165) is 38.9 Å². The summed E-state index contributed by atoms with van der Waals surface area (Å²) in [7, 11) is 1.62. The SMILES string of the molecule is C#Cc1ccc2c3c([nH]c2c1)C(C)(C)c1cc(C2=CCN(C(=O)OC(C)(C)C)CC2)c(OC)cc1C3=O. The highest BCUT2D eigenvalue weighted by Gasteiger charge is 2.40. The smallest absolute Gasteiger partial charge is 0.410 e. The number of nitrogens with one attached hydrogen (secondary N) is 1. The Morgan fingerprint density at radius 1 is 1.16 bits per heavy atom. The monoisotopic (exact) mass is 496 g/mol. The Labute approximate surface area is 217 Å². The summed E-state index contributed by atoms with van der Waals surface area (Å²) in [4.78, 5) is 31.5. The summed E-state index contributed by atoms with van der Waals surface area (Å²) in [5.74, 6) is 3.29. The van der Waals surface area contributed by atoms with Gasteiger partial charge in [-0.25, -0.2) is 4.79 Å². The van der Waals surface area contributed by atoms with Crippen LogP contribution in [0.5, 0.6) is 5.75 Å². The molecule has 6 nitrogen and oxygen atoms in total. The van der Waals surface area contributed by atoms with Gasteiger partial charge in [-0.05, 0) is 62.6 Å². The van der Waals surface area contributed by atoms with E-state index in [-0.39, 0.29) is 11.9 Å². The highest BCUT2D eigenvalue weighted by molar-refractivity contribution is 6.20. The van der Waals surface area contributed by atoms with E-state index in [1.807, 2.05) is 51.1 Å². The zero-order valence-corrected chi connectivity index (χ0v) is 22.2. The summed E-state index contributed by atoms with van der Waals surface area (Å²) in [6.07, 6.45) is 8.00. The number of hydrogen-bond donors (Lipinski definition) is 1. The van der Waals surface area contributed by atoms with Gasteiger partial charge in [-0.2, -0.15) is 0 Å². The largest absolute Gasteiger partial charge is 0.496 e. The topological polar surface area (TPSA) is 71.6 Å². The molecule has 37 heavy (non-hydrogen) atoms. The number of amides is 1. The predicted octanol–water partition coefficient (Wildman–Crippen LogP) is 6.05. The van der Waals surface area contributed by atoms with E-state index in [9.17, 15) is 9.59 Å². The van der Waals surface area contributed by atoms with E-state index in [0.29, 0.717) is 36.4 Å². The number of rotatable bonds is 2. The molecule has 5 rings (SSSR count). The molecule has 1 aliphatic carbocycles. The van der Waals surface area contributed by atoms with Crippen molar-refractivity contribution >= 4 is 28.4 Å². The van der Waals surface area contributed by atoms with E-state index >= 15 is 0 Å².